The number of amides is 1. The highest BCUT2D eigenvalue weighted by molar-refractivity contribution is 8.00. The Bertz CT molecular complexity index is 969. The lowest BCUT2D eigenvalue weighted by molar-refractivity contribution is -0.115. The third-order valence-corrected chi connectivity index (χ3v) is 7.18. The molecular weight excluding hydrogens is 424 g/mol. The van der Waals surface area contributed by atoms with Crippen molar-refractivity contribution < 1.29 is 17.9 Å². The smallest absolute Gasteiger partial charge is 0.240 e. The number of carbonyl (C=O) groups excluding carboxylic acids is 1. The van der Waals surface area contributed by atoms with E-state index in [9.17, 15) is 13.2 Å². The normalized spacial score (nSPS) is 12.9. The number of aryl methyl sites for hydroxylation is 1. The fraction of sp³-hybridized carbons (Fsp3) is 0.500. The van der Waals surface area contributed by atoms with E-state index in [1.807, 2.05) is 20.8 Å². The van der Waals surface area contributed by atoms with E-state index in [2.05, 4.69) is 19.6 Å². The predicted octanol–water partition coefficient (Wildman–Crippen LogP) is 2.95. The molecule has 1 amide bonds. The Hall–Kier alpha value is -1.88. The molecule has 8 nitrogen and oxygen atoms in total. The van der Waals surface area contributed by atoms with Crippen molar-refractivity contribution in [2.45, 2.75) is 62.5 Å². The molecule has 1 aromatic heterocycles. The summed E-state index contributed by atoms with van der Waals surface area (Å²) in [4.78, 5) is 17.4. The van der Waals surface area contributed by atoms with E-state index in [0.29, 0.717) is 18.8 Å². The third-order valence-electron chi connectivity index (χ3n) is 4.42. The molecule has 0 bridgehead atoms. The number of carbonyl (C=O) groups is 1. The van der Waals surface area contributed by atoms with E-state index >= 15 is 0 Å². The molecule has 30 heavy (non-hydrogen) atoms. The van der Waals surface area contributed by atoms with Crippen LogP contribution in [0.3, 0.4) is 0 Å². The lowest BCUT2D eigenvalue weighted by atomic mass is 10.3. The number of hydrogen-bond acceptors (Lipinski definition) is 6. The minimum Gasteiger partial charge on any atom is -0.383 e. The van der Waals surface area contributed by atoms with Gasteiger partial charge in [0.05, 0.1) is 22.4 Å². The number of hydrogen-bond donors (Lipinski definition) is 2. The van der Waals surface area contributed by atoms with Crippen molar-refractivity contribution in [1.82, 2.24) is 14.3 Å². The molecule has 0 saturated heterocycles. The van der Waals surface area contributed by atoms with Gasteiger partial charge in [-0.1, -0.05) is 11.8 Å². The van der Waals surface area contributed by atoms with Gasteiger partial charge in [-0.25, -0.2) is 18.1 Å². The van der Waals surface area contributed by atoms with Gasteiger partial charge < -0.3 is 14.6 Å². The molecule has 1 heterocycles. The van der Waals surface area contributed by atoms with Gasteiger partial charge in [-0.2, -0.15) is 0 Å². The summed E-state index contributed by atoms with van der Waals surface area (Å²) in [6.07, 6.45) is 0. The molecule has 0 aliphatic heterocycles. The summed E-state index contributed by atoms with van der Waals surface area (Å²) in [5.74, 6) is -0.187. The van der Waals surface area contributed by atoms with Gasteiger partial charge in [0.15, 0.2) is 5.16 Å². The summed E-state index contributed by atoms with van der Waals surface area (Å²) in [6, 6.07) is 5.91. The molecule has 2 rings (SSSR count). The summed E-state index contributed by atoms with van der Waals surface area (Å²) in [6.45, 7) is 10.5. The second-order valence-electron chi connectivity index (χ2n) is 7.26. The lowest BCUT2D eigenvalue weighted by Crippen LogP contribution is -2.30. The zero-order chi connectivity index (χ0) is 22.5. The maximum atomic E-state index is 12.6. The third kappa shape index (κ3) is 6.31. The van der Waals surface area contributed by atoms with E-state index in [0.717, 1.165) is 16.5 Å². The highest BCUT2D eigenvalue weighted by Crippen LogP contribution is 2.26. The Morgan fingerprint density at radius 1 is 1.20 bits per heavy atom. The standard InChI is InChI=1S/C20H30N4O4S2/c1-13(2)23-30(26,27)18-9-7-17(8-10-18)22-19(25)16(5)29-20-21-14(3)15(4)24(20)11-12-28-6/h7-10,13,16,23H,11-12H2,1-6H3,(H,22,25). The summed E-state index contributed by atoms with van der Waals surface area (Å²) in [5.41, 5.74) is 2.51. The van der Waals surface area contributed by atoms with Crippen LogP contribution in [0.2, 0.25) is 0 Å². The lowest BCUT2D eigenvalue weighted by Gasteiger charge is -2.14. The molecule has 0 saturated carbocycles. The van der Waals surface area contributed by atoms with Crippen molar-refractivity contribution in [2.75, 3.05) is 19.0 Å². The molecule has 1 aromatic carbocycles. The molecule has 0 aliphatic rings. The number of imidazole rings is 1. The van der Waals surface area contributed by atoms with Crippen LogP contribution in [0.1, 0.15) is 32.2 Å². The first-order chi connectivity index (χ1) is 14.0. The van der Waals surface area contributed by atoms with Crippen LogP contribution in [0.25, 0.3) is 0 Å². The van der Waals surface area contributed by atoms with Gasteiger partial charge in [-0.05, 0) is 58.9 Å². The number of anilines is 1. The number of benzene rings is 1. The molecule has 1 atom stereocenters. The van der Waals surface area contributed by atoms with Crippen molar-refractivity contribution in [1.29, 1.82) is 0 Å². The van der Waals surface area contributed by atoms with Crippen molar-refractivity contribution >= 4 is 33.4 Å². The van der Waals surface area contributed by atoms with E-state index in [4.69, 9.17) is 4.74 Å². The first-order valence-electron chi connectivity index (χ1n) is 9.67. The maximum absolute atomic E-state index is 12.6. The number of nitrogens with zero attached hydrogens (tertiary/aromatic N) is 2. The molecule has 2 aromatic rings. The first kappa shape index (κ1) is 24.4. The van der Waals surface area contributed by atoms with Gasteiger partial charge in [0, 0.05) is 31.1 Å². The number of aromatic nitrogens is 2. The molecular formula is C20H30N4O4S2. The largest absolute Gasteiger partial charge is 0.383 e. The van der Waals surface area contributed by atoms with Crippen LogP contribution in [0, 0.1) is 13.8 Å². The molecule has 0 radical (unpaired) electrons. The summed E-state index contributed by atoms with van der Waals surface area (Å²) >= 11 is 1.38. The van der Waals surface area contributed by atoms with Gasteiger partial charge in [-0.3, -0.25) is 4.79 Å². The molecule has 2 N–H and O–H groups in total. The Morgan fingerprint density at radius 2 is 1.83 bits per heavy atom. The number of rotatable bonds is 10. The molecule has 166 valence electrons. The number of thioether (sulfide) groups is 1. The highest BCUT2D eigenvalue weighted by atomic mass is 32.2. The highest BCUT2D eigenvalue weighted by Gasteiger charge is 2.20. The van der Waals surface area contributed by atoms with Crippen molar-refractivity contribution in [3.8, 4) is 0 Å². The minimum absolute atomic E-state index is 0.155. The average molecular weight is 455 g/mol. The zero-order valence-electron chi connectivity index (χ0n) is 18.2. The minimum atomic E-state index is -3.56. The molecule has 0 fully saturated rings. The van der Waals surface area contributed by atoms with Gasteiger partial charge in [0.1, 0.15) is 0 Å². The van der Waals surface area contributed by atoms with Crippen LogP contribution in [0.4, 0.5) is 5.69 Å². The number of methoxy groups -OCH3 is 1. The van der Waals surface area contributed by atoms with Crippen molar-refractivity contribution in [2.24, 2.45) is 0 Å². The van der Waals surface area contributed by atoms with Crippen LogP contribution < -0.4 is 10.0 Å². The van der Waals surface area contributed by atoms with Crippen LogP contribution in [0.5, 0.6) is 0 Å². The Balaban J connectivity index is 2.05. The van der Waals surface area contributed by atoms with E-state index < -0.39 is 15.3 Å². The SMILES string of the molecule is COCCn1c(SC(C)C(=O)Nc2ccc(S(=O)(=O)NC(C)C)cc2)nc(C)c1C. The Kier molecular flexibility index (Phi) is 8.48. The van der Waals surface area contributed by atoms with E-state index in [1.165, 1.54) is 23.9 Å². The Labute approximate surface area is 182 Å². The van der Waals surface area contributed by atoms with Gasteiger partial charge >= 0.3 is 0 Å². The number of nitrogens with one attached hydrogen (secondary N) is 2. The quantitative estimate of drug-likeness (QED) is 0.535. The molecule has 10 heteroatoms. The van der Waals surface area contributed by atoms with Gasteiger partial charge in [0.25, 0.3) is 0 Å². The first-order valence-corrected chi connectivity index (χ1v) is 12.0. The second-order valence-corrected chi connectivity index (χ2v) is 10.3. The number of ether oxygens (including phenoxy) is 1. The van der Waals surface area contributed by atoms with Crippen molar-refractivity contribution in [3.63, 3.8) is 0 Å². The fourth-order valence-corrected chi connectivity index (χ4v) is 4.99. The van der Waals surface area contributed by atoms with Crippen molar-refractivity contribution in [3.05, 3.63) is 35.7 Å². The molecule has 1 unspecified atom stereocenters. The fourth-order valence-electron chi connectivity index (χ4n) is 2.71. The van der Waals surface area contributed by atoms with Crippen LogP contribution in [-0.4, -0.2) is 48.9 Å². The summed E-state index contributed by atoms with van der Waals surface area (Å²) in [5, 5.41) is 3.21. The monoisotopic (exact) mass is 454 g/mol. The Morgan fingerprint density at radius 3 is 2.40 bits per heavy atom. The van der Waals surface area contributed by atoms with E-state index in [1.54, 1.807) is 33.1 Å². The van der Waals surface area contributed by atoms with Crippen LogP contribution in [0.15, 0.2) is 34.3 Å². The number of sulfonamides is 1. The van der Waals surface area contributed by atoms with E-state index in [-0.39, 0.29) is 16.8 Å². The second kappa shape index (κ2) is 10.4. The van der Waals surface area contributed by atoms with Gasteiger partial charge in [0.2, 0.25) is 15.9 Å². The average Bonchev–Trinajstić information content (AvgIpc) is 2.92. The maximum Gasteiger partial charge on any atom is 0.240 e. The van der Waals surface area contributed by atoms with Crippen LogP contribution in [-0.2, 0) is 26.1 Å². The predicted molar refractivity (Wildman–Crippen MR) is 119 cm³/mol. The molecule has 0 spiro atoms. The summed E-state index contributed by atoms with van der Waals surface area (Å²) < 4.78 is 34.2. The zero-order valence-corrected chi connectivity index (χ0v) is 19.9. The van der Waals surface area contributed by atoms with Gasteiger partial charge in [-0.15, -0.1) is 0 Å². The summed E-state index contributed by atoms with van der Waals surface area (Å²) in [7, 11) is -1.91. The molecule has 0 aliphatic carbocycles. The topological polar surface area (TPSA) is 102 Å². The van der Waals surface area contributed by atoms with Crippen LogP contribution >= 0.6 is 11.8 Å².